The Morgan fingerprint density at radius 3 is 2.83 bits per heavy atom. The molecule has 0 aliphatic carbocycles. The molecule has 1 amide bonds. The number of carbonyl (C=O) groups is 1. The van der Waals surface area contributed by atoms with Crippen molar-refractivity contribution >= 4 is 28.2 Å². The number of hydrogen-bond acceptors (Lipinski definition) is 4. The SMILES string of the molecule is C[C@@H](Nc1cccc(CO)c1)C(=O)Nc1cccc2ncccc12. The van der Waals surface area contributed by atoms with Crippen molar-refractivity contribution in [3.8, 4) is 0 Å². The number of aliphatic hydroxyl groups is 1. The first kappa shape index (κ1) is 16.0. The number of nitrogens with zero attached hydrogens (tertiary/aromatic N) is 1. The first-order valence-electron chi connectivity index (χ1n) is 7.78. The van der Waals surface area contributed by atoms with Crippen molar-refractivity contribution in [2.24, 2.45) is 0 Å². The van der Waals surface area contributed by atoms with Gasteiger partial charge in [-0.2, -0.15) is 0 Å². The predicted molar refractivity (Wildman–Crippen MR) is 95.8 cm³/mol. The van der Waals surface area contributed by atoms with Gasteiger partial charge in [0.05, 0.1) is 17.8 Å². The van der Waals surface area contributed by atoms with E-state index in [1.54, 1.807) is 13.1 Å². The molecule has 1 atom stereocenters. The van der Waals surface area contributed by atoms with E-state index in [1.807, 2.05) is 54.6 Å². The van der Waals surface area contributed by atoms with Crippen LogP contribution in [0.15, 0.2) is 60.8 Å². The van der Waals surface area contributed by atoms with E-state index < -0.39 is 6.04 Å². The predicted octanol–water partition coefficient (Wildman–Crippen LogP) is 3.17. The zero-order chi connectivity index (χ0) is 16.9. The highest BCUT2D eigenvalue weighted by molar-refractivity contribution is 6.03. The molecule has 122 valence electrons. The number of nitrogens with one attached hydrogen (secondary N) is 2. The normalized spacial score (nSPS) is 11.9. The largest absolute Gasteiger partial charge is 0.392 e. The smallest absolute Gasteiger partial charge is 0.246 e. The Bertz CT molecular complexity index is 859. The number of anilines is 2. The molecule has 0 spiro atoms. The van der Waals surface area contributed by atoms with Crippen molar-refractivity contribution < 1.29 is 9.90 Å². The van der Waals surface area contributed by atoms with Gasteiger partial charge in [-0.1, -0.05) is 18.2 Å². The van der Waals surface area contributed by atoms with E-state index in [-0.39, 0.29) is 12.5 Å². The lowest BCUT2D eigenvalue weighted by Gasteiger charge is -2.16. The molecule has 1 aromatic heterocycles. The standard InChI is InChI=1S/C19H19N3O2/c1-13(21-15-6-2-5-14(11-15)12-23)19(24)22-18-9-3-8-17-16(18)7-4-10-20-17/h2-11,13,21,23H,12H2,1H3,(H,22,24)/t13-/m1/s1. The molecule has 3 rings (SSSR count). The zero-order valence-corrected chi connectivity index (χ0v) is 13.4. The summed E-state index contributed by atoms with van der Waals surface area (Å²) in [6.07, 6.45) is 1.73. The van der Waals surface area contributed by atoms with Crippen molar-refractivity contribution in [2.45, 2.75) is 19.6 Å². The van der Waals surface area contributed by atoms with Crippen molar-refractivity contribution in [1.29, 1.82) is 0 Å². The average Bonchev–Trinajstić information content (AvgIpc) is 2.62. The fourth-order valence-electron chi connectivity index (χ4n) is 2.53. The van der Waals surface area contributed by atoms with Crippen LogP contribution in [0.5, 0.6) is 0 Å². The van der Waals surface area contributed by atoms with Crippen LogP contribution in [0.4, 0.5) is 11.4 Å². The van der Waals surface area contributed by atoms with Gasteiger partial charge in [-0.05, 0) is 48.9 Å². The topological polar surface area (TPSA) is 74.2 Å². The van der Waals surface area contributed by atoms with Gasteiger partial charge in [-0.25, -0.2) is 0 Å². The molecule has 3 N–H and O–H groups in total. The zero-order valence-electron chi connectivity index (χ0n) is 13.4. The van der Waals surface area contributed by atoms with Gasteiger partial charge in [-0.3, -0.25) is 9.78 Å². The summed E-state index contributed by atoms with van der Waals surface area (Å²) in [4.78, 5) is 16.8. The number of fused-ring (bicyclic) bond motifs is 1. The number of benzene rings is 2. The number of rotatable bonds is 5. The summed E-state index contributed by atoms with van der Waals surface area (Å²) in [6.45, 7) is 1.77. The van der Waals surface area contributed by atoms with Gasteiger partial charge in [0, 0.05) is 17.3 Å². The highest BCUT2D eigenvalue weighted by atomic mass is 16.3. The van der Waals surface area contributed by atoms with Crippen molar-refractivity contribution in [2.75, 3.05) is 10.6 Å². The number of aromatic nitrogens is 1. The fourth-order valence-corrected chi connectivity index (χ4v) is 2.53. The van der Waals surface area contributed by atoms with Gasteiger partial charge in [0.15, 0.2) is 0 Å². The van der Waals surface area contributed by atoms with E-state index in [1.165, 1.54) is 0 Å². The van der Waals surface area contributed by atoms with E-state index in [9.17, 15) is 9.90 Å². The molecule has 5 heteroatoms. The van der Waals surface area contributed by atoms with E-state index in [4.69, 9.17) is 0 Å². The van der Waals surface area contributed by atoms with Gasteiger partial charge < -0.3 is 15.7 Å². The fraction of sp³-hybridized carbons (Fsp3) is 0.158. The molecule has 2 aromatic carbocycles. The summed E-state index contributed by atoms with van der Waals surface area (Å²) in [7, 11) is 0. The Labute approximate surface area is 140 Å². The number of pyridine rings is 1. The lowest BCUT2D eigenvalue weighted by Crippen LogP contribution is -2.31. The van der Waals surface area contributed by atoms with Crippen molar-refractivity contribution in [3.05, 3.63) is 66.4 Å². The lowest BCUT2D eigenvalue weighted by atomic mass is 10.1. The Morgan fingerprint density at radius 1 is 1.17 bits per heavy atom. The lowest BCUT2D eigenvalue weighted by molar-refractivity contribution is -0.116. The van der Waals surface area contributed by atoms with E-state index >= 15 is 0 Å². The second-order valence-electron chi connectivity index (χ2n) is 5.59. The maximum absolute atomic E-state index is 12.5. The van der Waals surface area contributed by atoms with Gasteiger partial charge in [0.25, 0.3) is 0 Å². The minimum atomic E-state index is -0.425. The monoisotopic (exact) mass is 321 g/mol. The minimum absolute atomic E-state index is 0.0287. The van der Waals surface area contributed by atoms with Crippen LogP contribution in [0, 0.1) is 0 Å². The molecule has 0 fully saturated rings. The molecule has 0 radical (unpaired) electrons. The molecule has 0 bridgehead atoms. The van der Waals surface area contributed by atoms with Crippen molar-refractivity contribution in [3.63, 3.8) is 0 Å². The van der Waals surface area contributed by atoms with E-state index in [2.05, 4.69) is 15.6 Å². The molecule has 5 nitrogen and oxygen atoms in total. The summed E-state index contributed by atoms with van der Waals surface area (Å²) < 4.78 is 0. The van der Waals surface area contributed by atoms with Crippen LogP contribution in [-0.2, 0) is 11.4 Å². The Balaban J connectivity index is 1.73. The van der Waals surface area contributed by atoms with E-state index in [0.717, 1.165) is 27.8 Å². The van der Waals surface area contributed by atoms with Crippen LogP contribution >= 0.6 is 0 Å². The van der Waals surface area contributed by atoms with Crippen LogP contribution in [0.3, 0.4) is 0 Å². The van der Waals surface area contributed by atoms with Crippen LogP contribution < -0.4 is 10.6 Å². The minimum Gasteiger partial charge on any atom is -0.392 e. The van der Waals surface area contributed by atoms with Gasteiger partial charge >= 0.3 is 0 Å². The summed E-state index contributed by atoms with van der Waals surface area (Å²) in [5.74, 6) is -0.138. The second-order valence-corrected chi connectivity index (χ2v) is 5.59. The second kappa shape index (κ2) is 7.10. The highest BCUT2D eigenvalue weighted by Gasteiger charge is 2.14. The maximum atomic E-state index is 12.5. The summed E-state index contributed by atoms with van der Waals surface area (Å²) in [6, 6.07) is 16.4. The molecule has 3 aromatic rings. The first-order valence-corrected chi connectivity index (χ1v) is 7.78. The molecule has 0 unspecified atom stereocenters. The molecule has 24 heavy (non-hydrogen) atoms. The molecule has 0 aliphatic rings. The quantitative estimate of drug-likeness (QED) is 0.675. The van der Waals surface area contributed by atoms with Gasteiger partial charge in [-0.15, -0.1) is 0 Å². The Hall–Kier alpha value is -2.92. The highest BCUT2D eigenvalue weighted by Crippen LogP contribution is 2.21. The Morgan fingerprint density at radius 2 is 2.00 bits per heavy atom. The average molecular weight is 321 g/mol. The van der Waals surface area contributed by atoms with Crippen LogP contribution in [-0.4, -0.2) is 22.0 Å². The van der Waals surface area contributed by atoms with E-state index in [0.29, 0.717) is 0 Å². The number of amides is 1. The third-order valence-corrected chi connectivity index (χ3v) is 3.79. The van der Waals surface area contributed by atoms with Crippen LogP contribution in [0.1, 0.15) is 12.5 Å². The summed E-state index contributed by atoms with van der Waals surface area (Å²) in [5.41, 5.74) is 3.17. The molecule has 0 saturated heterocycles. The van der Waals surface area contributed by atoms with Crippen LogP contribution in [0.25, 0.3) is 10.9 Å². The molecule has 0 saturated carbocycles. The molecule has 1 heterocycles. The number of hydrogen-bond donors (Lipinski definition) is 3. The maximum Gasteiger partial charge on any atom is 0.246 e. The first-order chi connectivity index (χ1) is 11.7. The number of aliphatic hydroxyl groups excluding tert-OH is 1. The van der Waals surface area contributed by atoms with Gasteiger partial charge in [0.2, 0.25) is 5.91 Å². The molecular formula is C19H19N3O2. The third kappa shape index (κ3) is 3.52. The summed E-state index contributed by atoms with van der Waals surface area (Å²) in [5, 5.41) is 16.2. The molecule has 0 aliphatic heterocycles. The Kier molecular flexibility index (Phi) is 4.72. The third-order valence-electron chi connectivity index (χ3n) is 3.79. The van der Waals surface area contributed by atoms with Crippen molar-refractivity contribution in [1.82, 2.24) is 4.98 Å². The van der Waals surface area contributed by atoms with Crippen LogP contribution in [0.2, 0.25) is 0 Å². The summed E-state index contributed by atoms with van der Waals surface area (Å²) >= 11 is 0. The molecular weight excluding hydrogens is 302 g/mol. The van der Waals surface area contributed by atoms with Gasteiger partial charge in [0.1, 0.15) is 6.04 Å². The number of carbonyl (C=O) groups excluding carboxylic acids is 1.